The number of carbonyl (C=O) groups is 1. The van der Waals surface area contributed by atoms with Crippen LogP contribution in [0.3, 0.4) is 0 Å². The second-order valence-corrected chi connectivity index (χ2v) is 0.925. The van der Waals surface area contributed by atoms with Gasteiger partial charge in [0.25, 0.3) is 0 Å². The topological polar surface area (TPSA) is 26.3 Å². The van der Waals surface area contributed by atoms with Gasteiger partial charge in [0, 0.05) is 5.92 Å². The fourth-order valence-corrected chi connectivity index (χ4v) is 0.149. The van der Waals surface area contributed by atoms with Gasteiger partial charge < -0.3 is 4.74 Å². The lowest BCUT2D eigenvalue weighted by atomic mass is 10.7. The molecular weight excluding hydrogens is 104 g/mol. The average molecular weight is 108 g/mol. The molecule has 0 aromatic rings. The Bertz CT molecular complexity index is 156. The van der Waals surface area contributed by atoms with Crippen LogP contribution >= 0.6 is 0 Å². The van der Waals surface area contributed by atoms with Crippen molar-refractivity contribution in [1.29, 1.82) is 0 Å². The van der Waals surface area contributed by atoms with Crippen molar-refractivity contribution in [3.8, 4) is 24.7 Å². The highest BCUT2D eigenvalue weighted by Crippen LogP contribution is 1.70. The van der Waals surface area contributed by atoms with Crippen molar-refractivity contribution >= 4 is 5.97 Å². The molecular formula is C6H4O2. The van der Waals surface area contributed by atoms with Gasteiger partial charge in [0.1, 0.15) is 0 Å². The molecule has 0 saturated heterocycles. The molecule has 0 aliphatic rings. The largest absolute Gasteiger partial charge is 0.443 e. The van der Waals surface area contributed by atoms with Crippen molar-refractivity contribution in [3.63, 3.8) is 0 Å². The van der Waals surface area contributed by atoms with Crippen LogP contribution in [0.2, 0.25) is 0 Å². The number of esters is 1. The molecule has 0 radical (unpaired) electrons. The third-order valence-corrected chi connectivity index (χ3v) is 0.404. The Morgan fingerprint density at radius 2 is 2.25 bits per heavy atom. The first kappa shape index (κ1) is 6.59. The van der Waals surface area contributed by atoms with Crippen molar-refractivity contribution in [1.82, 2.24) is 0 Å². The second kappa shape index (κ2) is 3.77. The Hall–Kier alpha value is -1.41. The second-order valence-electron chi connectivity index (χ2n) is 0.925. The molecule has 2 heteroatoms. The minimum atomic E-state index is -0.719. The Morgan fingerprint density at radius 3 is 2.62 bits per heavy atom. The zero-order valence-corrected chi connectivity index (χ0v) is 4.18. The molecule has 0 bridgehead atoms. The van der Waals surface area contributed by atoms with Crippen molar-refractivity contribution < 1.29 is 9.53 Å². The van der Waals surface area contributed by atoms with Crippen LogP contribution in [-0.2, 0) is 9.53 Å². The van der Waals surface area contributed by atoms with Gasteiger partial charge in [-0.1, -0.05) is 5.92 Å². The fourth-order valence-electron chi connectivity index (χ4n) is 0.149. The van der Waals surface area contributed by atoms with E-state index in [0.717, 1.165) is 0 Å². The molecule has 0 unspecified atom stereocenters. The lowest BCUT2D eigenvalue weighted by Crippen LogP contribution is -1.99. The van der Waals surface area contributed by atoms with Gasteiger partial charge >= 0.3 is 5.97 Å². The van der Waals surface area contributed by atoms with Gasteiger partial charge in [-0.15, -0.1) is 12.8 Å². The van der Waals surface area contributed by atoms with Crippen LogP contribution < -0.4 is 0 Å². The maximum atomic E-state index is 10.0. The van der Waals surface area contributed by atoms with Gasteiger partial charge in [-0.3, -0.25) is 0 Å². The average Bonchev–Trinajstić information content (AvgIpc) is 1.83. The van der Waals surface area contributed by atoms with Crippen LogP contribution in [0.15, 0.2) is 0 Å². The summed E-state index contributed by atoms with van der Waals surface area (Å²) in [6.45, 7) is -0.0525. The Balaban J connectivity index is 3.33. The summed E-state index contributed by atoms with van der Waals surface area (Å²) in [6.07, 6.45) is 9.36. The van der Waals surface area contributed by atoms with Crippen molar-refractivity contribution in [2.24, 2.45) is 0 Å². The summed E-state index contributed by atoms with van der Waals surface area (Å²) in [5.41, 5.74) is 0. The van der Waals surface area contributed by atoms with E-state index >= 15 is 0 Å². The molecule has 0 rings (SSSR count). The van der Waals surface area contributed by atoms with Gasteiger partial charge in [0.15, 0.2) is 6.61 Å². The Morgan fingerprint density at radius 1 is 1.62 bits per heavy atom. The van der Waals surface area contributed by atoms with Crippen molar-refractivity contribution in [2.75, 3.05) is 6.61 Å². The molecule has 2 nitrogen and oxygen atoms in total. The van der Waals surface area contributed by atoms with Crippen LogP contribution in [0, 0.1) is 24.7 Å². The monoisotopic (exact) mass is 108 g/mol. The molecule has 0 aromatic carbocycles. The maximum absolute atomic E-state index is 10.0. The van der Waals surface area contributed by atoms with Crippen LogP contribution in [0.5, 0.6) is 0 Å². The van der Waals surface area contributed by atoms with Crippen molar-refractivity contribution in [2.45, 2.75) is 0 Å². The number of ether oxygens (including phenoxy) is 1. The quantitative estimate of drug-likeness (QED) is 0.264. The summed E-state index contributed by atoms with van der Waals surface area (Å²) in [4.78, 5) is 10.0. The number of rotatable bonds is 1. The highest BCUT2D eigenvalue weighted by Gasteiger charge is 1.89. The molecule has 0 aromatic heterocycles. The number of terminal acetylenes is 2. The van der Waals surface area contributed by atoms with Gasteiger partial charge in [0.2, 0.25) is 0 Å². The molecule has 40 valence electrons. The summed E-state index contributed by atoms with van der Waals surface area (Å²) in [5, 5.41) is 0. The third-order valence-electron chi connectivity index (χ3n) is 0.404. The number of carbonyl (C=O) groups excluding carboxylic acids is 1. The minimum Gasteiger partial charge on any atom is -0.443 e. The molecule has 8 heavy (non-hydrogen) atoms. The van der Waals surface area contributed by atoms with E-state index < -0.39 is 5.97 Å². The van der Waals surface area contributed by atoms with E-state index in [-0.39, 0.29) is 6.61 Å². The molecule has 0 amide bonds. The molecule has 0 saturated carbocycles. The predicted molar refractivity (Wildman–Crippen MR) is 28.6 cm³/mol. The minimum absolute atomic E-state index is 0.0525. The standard InChI is InChI=1S/C6H4O2/c1-3-5-8-6(7)4-2/h1-2H,5H2. The van der Waals surface area contributed by atoms with E-state index in [1.54, 1.807) is 5.92 Å². The Labute approximate surface area is 47.8 Å². The van der Waals surface area contributed by atoms with E-state index in [1.165, 1.54) is 0 Å². The van der Waals surface area contributed by atoms with E-state index in [0.29, 0.717) is 0 Å². The molecule has 0 N–H and O–H groups in total. The maximum Gasteiger partial charge on any atom is 0.385 e. The summed E-state index contributed by atoms with van der Waals surface area (Å²) in [5.74, 6) is 3.12. The van der Waals surface area contributed by atoms with Gasteiger partial charge in [0.05, 0.1) is 0 Å². The van der Waals surface area contributed by atoms with E-state index in [4.69, 9.17) is 6.42 Å². The van der Waals surface area contributed by atoms with E-state index in [9.17, 15) is 4.79 Å². The number of hydrogen-bond donors (Lipinski definition) is 0. The van der Waals surface area contributed by atoms with Crippen molar-refractivity contribution in [3.05, 3.63) is 0 Å². The first-order chi connectivity index (χ1) is 3.81. The normalized spacial score (nSPS) is 6.25. The van der Waals surface area contributed by atoms with Gasteiger partial charge in [-0.25, -0.2) is 4.79 Å². The fraction of sp³-hybridized carbons (Fsp3) is 0.167. The van der Waals surface area contributed by atoms with E-state index in [2.05, 4.69) is 17.1 Å². The smallest absolute Gasteiger partial charge is 0.385 e. The van der Waals surface area contributed by atoms with Gasteiger partial charge in [-0.05, 0) is 0 Å². The SMILES string of the molecule is C#CCOC(=O)C#C. The highest BCUT2D eigenvalue weighted by molar-refractivity contribution is 5.87. The summed E-state index contributed by atoms with van der Waals surface area (Å²) in [6, 6.07) is 0. The van der Waals surface area contributed by atoms with Crippen LogP contribution in [0.25, 0.3) is 0 Å². The lowest BCUT2D eigenvalue weighted by molar-refractivity contribution is -0.135. The molecule has 0 atom stereocenters. The Kier molecular flexibility index (Phi) is 3.10. The third kappa shape index (κ3) is 2.81. The van der Waals surface area contributed by atoms with Crippen LogP contribution in [0.4, 0.5) is 0 Å². The summed E-state index contributed by atoms with van der Waals surface area (Å²) in [7, 11) is 0. The highest BCUT2D eigenvalue weighted by atomic mass is 16.5. The van der Waals surface area contributed by atoms with Gasteiger partial charge in [-0.2, -0.15) is 0 Å². The first-order valence-corrected chi connectivity index (χ1v) is 1.88. The summed E-state index contributed by atoms with van der Waals surface area (Å²) < 4.78 is 4.23. The summed E-state index contributed by atoms with van der Waals surface area (Å²) >= 11 is 0. The molecule has 0 aliphatic carbocycles. The molecule has 0 heterocycles. The molecule has 0 fully saturated rings. The van der Waals surface area contributed by atoms with E-state index in [1.807, 2.05) is 0 Å². The zero-order chi connectivity index (χ0) is 6.41. The zero-order valence-electron chi connectivity index (χ0n) is 4.18. The molecule has 0 aliphatic heterocycles. The first-order valence-electron chi connectivity index (χ1n) is 1.88. The van der Waals surface area contributed by atoms with Crippen LogP contribution in [0.1, 0.15) is 0 Å². The lowest BCUT2D eigenvalue weighted by Gasteiger charge is -1.88. The molecule has 0 spiro atoms. The number of hydrogen-bond acceptors (Lipinski definition) is 2. The van der Waals surface area contributed by atoms with Crippen LogP contribution in [-0.4, -0.2) is 12.6 Å². The predicted octanol–water partition coefficient (Wildman–Crippen LogP) is -0.204.